The average Bonchev–Trinajstić information content (AvgIpc) is 2.46. The maximum atomic E-state index is 12.1. The molecule has 4 nitrogen and oxygen atoms in total. The van der Waals surface area contributed by atoms with Gasteiger partial charge in [-0.3, -0.25) is 4.79 Å². The second-order valence-corrected chi connectivity index (χ2v) is 4.97. The van der Waals surface area contributed by atoms with Gasteiger partial charge in [-0.2, -0.15) is 5.10 Å². The number of benzene rings is 2. The number of fused-ring (bicyclic) bond motifs is 1. The second kappa shape index (κ2) is 4.65. The Labute approximate surface area is 120 Å². The van der Waals surface area contributed by atoms with Crippen LogP contribution in [0, 0.1) is 0 Å². The molecule has 3 aromatic rings. The van der Waals surface area contributed by atoms with Crippen molar-refractivity contribution in [1.82, 2.24) is 9.78 Å². The number of hydrogen-bond acceptors (Lipinski definition) is 3. The van der Waals surface area contributed by atoms with Crippen LogP contribution in [0.25, 0.3) is 22.0 Å². The van der Waals surface area contributed by atoms with Gasteiger partial charge in [0.25, 0.3) is 5.56 Å². The maximum Gasteiger partial charge on any atom is 0.274 e. The molecule has 20 heavy (non-hydrogen) atoms. The molecule has 0 saturated carbocycles. The molecule has 1 aromatic heterocycles. The fraction of sp³-hybridized carbons (Fsp3) is 0.0667. The normalized spacial score (nSPS) is 10.9. The number of aromatic nitrogens is 2. The predicted octanol–water partition coefficient (Wildman–Crippen LogP) is 2.84. The van der Waals surface area contributed by atoms with Crippen LogP contribution in [0.15, 0.2) is 47.3 Å². The third kappa shape index (κ3) is 1.94. The monoisotopic (exact) mass is 285 g/mol. The van der Waals surface area contributed by atoms with E-state index in [9.17, 15) is 4.79 Å². The lowest BCUT2D eigenvalue weighted by molar-refractivity contribution is 0.722. The van der Waals surface area contributed by atoms with Crippen LogP contribution in [0.3, 0.4) is 0 Å². The third-order valence-electron chi connectivity index (χ3n) is 3.23. The van der Waals surface area contributed by atoms with Crippen molar-refractivity contribution in [3.8, 4) is 11.3 Å². The zero-order valence-corrected chi connectivity index (χ0v) is 11.6. The Morgan fingerprint density at radius 3 is 2.55 bits per heavy atom. The molecular weight excluding hydrogens is 274 g/mol. The molecule has 0 unspecified atom stereocenters. The molecule has 0 fully saturated rings. The van der Waals surface area contributed by atoms with Gasteiger partial charge < -0.3 is 5.73 Å². The Bertz CT molecular complexity index is 871. The lowest BCUT2D eigenvalue weighted by atomic mass is 10.0. The van der Waals surface area contributed by atoms with Gasteiger partial charge in [0.2, 0.25) is 0 Å². The molecule has 0 amide bonds. The number of nitrogens with zero attached hydrogens (tertiary/aromatic N) is 2. The SMILES string of the molecule is Cn1nc(-c2ccc(Cl)c(N)c2)c2ccccc2c1=O. The lowest BCUT2D eigenvalue weighted by Gasteiger charge is -2.09. The number of aryl methyl sites for hydroxylation is 1. The van der Waals surface area contributed by atoms with Crippen molar-refractivity contribution in [3.05, 3.63) is 57.8 Å². The molecule has 100 valence electrons. The second-order valence-electron chi connectivity index (χ2n) is 4.56. The predicted molar refractivity (Wildman–Crippen MR) is 81.8 cm³/mol. The van der Waals surface area contributed by atoms with E-state index in [-0.39, 0.29) is 5.56 Å². The van der Waals surface area contributed by atoms with Crippen LogP contribution in [0.2, 0.25) is 5.02 Å². The maximum absolute atomic E-state index is 12.1. The molecule has 1 heterocycles. The highest BCUT2D eigenvalue weighted by Gasteiger charge is 2.11. The zero-order valence-electron chi connectivity index (χ0n) is 10.8. The topological polar surface area (TPSA) is 60.9 Å². The molecule has 0 spiro atoms. The Balaban J connectivity index is 2.39. The summed E-state index contributed by atoms with van der Waals surface area (Å²) in [5.74, 6) is 0. The molecule has 5 heteroatoms. The number of nitrogens with two attached hydrogens (primary N) is 1. The summed E-state index contributed by atoms with van der Waals surface area (Å²) in [5.41, 5.74) is 7.76. The van der Waals surface area contributed by atoms with Crippen molar-refractivity contribution < 1.29 is 0 Å². The van der Waals surface area contributed by atoms with Gasteiger partial charge in [0.1, 0.15) is 0 Å². The fourth-order valence-electron chi connectivity index (χ4n) is 2.20. The molecule has 0 radical (unpaired) electrons. The highest BCUT2D eigenvalue weighted by atomic mass is 35.5. The van der Waals surface area contributed by atoms with Crippen molar-refractivity contribution in [2.24, 2.45) is 7.05 Å². The van der Waals surface area contributed by atoms with E-state index in [4.69, 9.17) is 17.3 Å². The van der Waals surface area contributed by atoms with Gasteiger partial charge in [0, 0.05) is 18.0 Å². The summed E-state index contributed by atoms with van der Waals surface area (Å²) in [6, 6.07) is 12.7. The van der Waals surface area contributed by atoms with Gasteiger partial charge in [0.15, 0.2) is 0 Å². The lowest BCUT2D eigenvalue weighted by Crippen LogP contribution is -2.20. The van der Waals surface area contributed by atoms with E-state index < -0.39 is 0 Å². The summed E-state index contributed by atoms with van der Waals surface area (Å²) in [6.07, 6.45) is 0. The Kier molecular flexibility index (Phi) is 2.95. The molecule has 2 aromatic carbocycles. The van der Waals surface area contributed by atoms with Crippen molar-refractivity contribution >= 4 is 28.1 Å². The zero-order chi connectivity index (χ0) is 14.3. The van der Waals surface area contributed by atoms with Crippen LogP contribution in [0.1, 0.15) is 0 Å². The quantitative estimate of drug-likeness (QED) is 0.699. The van der Waals surface area contributed by atoms with E-state index >= 15 is 0 Å². The Morgan fingerprint density at radius 1 is 1.15 bits per heavy atom. The highest BCUT2D eigenvalue weighted by Crippen LogP contribution is 2.29. The molecule has 0 saturated heterocycles. The van der Waals surface area contributed by atoms with E-state index in [1.165, 1.54) is 4.68 Å². The van der Waals surface area contributed by atoms with Crippen LogP contribution >= 0.6 is 11.6 Å². The Hall–Kier alpha value is -2.33. The third-order valence-corrected chi connectivity index (χ3v) is 3.57. The minimum Gasteiger partial charge on any atom is -0.398 e. The van der Waals surface area contributed by atoms with E-state index in [0.29, 0.717) is 21.8 Å². The molecule has 0 aliphatic heterocycles. The van der Waals surface area contributed by atoms with Crippen LogP contribution < -0.4 is 11.3 Å². The van der Waals surface area contributed by atoms with Crippen LogP contribution in [0.4, 0.5) is 5.69 Å². The summed E-state index contributed by atoms with van der Waals surface area (Å²) in [4.78, 5) is 12.1. The van der Waals surface area contributed by atoms with Crippen molar-refractivity contribution in [2.45, 2.75) is 0 Å². The summed E-state index contributed by atoms with van der Waals surface area (Å²) in [7, 11) is 1.64. The number of anilines is 1. The van der Waals surface area contributed by atoms with Gasteiger partial charge in [0.05, 0.1) is 21.8 Å². The van der Waals surface area contributed by atoms with Gasteiger partial charge in [-0.25, -0.2) is 4.68 Å². The minimum atomic E-state index is -0.119. The molecule has 3 rings (SSSR count). The first-order chi connectivity index (χ1) is 9.58. The standard InChI is InChI=1S/C15H12ClN3O/c1-19-15(20)11-5-3-2-4-10(11)14(18-19)9-6-7-12(16)13(17)8-9/h2-8H,17H2,1H3. The van der Waals surface area contributed by atoms with E-state index in [0.717, 1.165) is 10.9 Å². The average molecular weight is 286 g/mol. The molecule has 0 bridgehead atoms. The smallest absolute Gasteiger partial charge is 0.274 e. The molecule has 2 N–H and O–H groups in total. The summed E-state index contributed by atoms with van der Waals surface area (Å²) in [6.45, 7) is 0. The highest BCUT2D eigenvalue weighted by molar-refractivity contribution is 6.33. The van der Waals surface area contributed by atoms with Crippen LogP contribution in [-0.2, 0) is 7.05 Å². The van der Waals surface area contributed by atoms with E-state index in [1.54, 1.807) is 25.2 Å². The van der Waals surface area contributed by atoms with Crippen molar-refractivity contribution in [2.75, 3.05) is 5.73 Å². The summed E-state index contributed by atoms with van der Waals surface area (Å²) in [5, 5.41) is 6.29. The summed E-state index contributed by atoms with van der Waals surface area (Å²) < 4.78 is 1.34. The van der Waals surface area contributed by atoms with Gasteiger partial charge >= 0.3 is 0 Å². The fourth-order valence-corrected chi connectivity index (χ4v) is 2.32. The number of nitrogen functional groups attached to an aromatic ring is 1. The number of hydrogen-bond donors (Lipinski definition) is 1. The minimum absolute atomic E-state index is 0.119. The van der Waals surface area contributed by atoms with Crippen molar-refractivity contribution in [3.63, 3.8) is 0 Å². The number of halogens is 1. The van der Waals surface area contributed by atoms with Gasteiger partial charge in [-0.15, -0.1) is 0 Å². The van der Waals surface area contributed by atoms with Gasteiger partial charge in [-0.1, -0.05) is 35.9 Å². The first-order valence-electron chi connectivity index (χ1n) is 6.09. The van der Waals surface area contributed by atoms with E-state index in [1.807, 2.05) is 24.3 Å². The van der Waals surface area contributed by atoms with Crippen LogP contribution in [-0.4, -0.2) is 9.78 Å². The molecule has 0 aliphatic rings. The number of rotatable bonds is 1. The molecule has 0 atom stereocenters. The van der Waals surface area contributed by atoms with E-state index in [2.05, 4.69) is 5.10 Å². The first-order valence-corrected chi connectivity index (χ1v) is 6.47. The first kappa shape index (κ1) is 12.7. The molecule has 0 aliphatic carbocycles. The van der Waals surface area contributed by atoms with Crippen LogP contribution in [0.5, 0.6) is 0 Å². The largest absolute Gasteiger partial charge is 0.398 e. The Morgan fingerprint density at radius 2 is 1.85 bits per heavy atom. The molecular formula is C15H12ClN3O. The van der Waals surface area contributed by atoms with Crippen molar-refractivity contribution in [1.29, 1.82) is 0 Å². The van der Waals surface area contributed by atoms with Gasteiger partial charge in [-0.05, 0) is 18.2 Å². The summed E-state index contributed by atoms with van der Waals surface area (Å²) >= 11 is 5.94.